The first kappa shape index (κ1) is 15.4. The van der Waals surface area contributed by atoms with Crippen LogP contribution in [0.4, 0.5) is 15.9 Å². The van der Waals surface area contributed by atoms with E-state index >= 15 is 0 Å². The second kappa shape index (κ2) is 6.62. The van der Waals surface area contributed by atoms with Crippen molar-refractivity contribution in [3.8, 4) is 17.2 Å². The third-order valence-electron chi connectivity index (χ3n) is 2.74. The molecular formula is C14H14BrFN2O3. The number of hydrogen-bond donors (Lipinski definition) is 1. The molecule has 112 valence electrons. The number of rotatable bonds is 5. The molecule has 1 heterocycles. The van der Waals surface area contributed by atoms with Gasteiger partial charge in [-0.3, -0.25) is 0 Å². The van der Waals surface area contributed by atoms with E-state index in [9.17, 15) is 4.39 Å². The molecule has 0 bridgehead atoms. The predicted octanol–water partition coefficient (Wildman–Crippen LogP) is 3.75. The minimum absolute atomic E-state index is 0.104. The molecule has 0 atom stereocenters. The molecule has 0 unspecified atom stereocenters. The van der Waals surface area contributed by atoms with Crippen LogP contribution < -0.4 is 19.5 Å². The van der Waals surface area contributed by atoms with Crippen molar-refractivity contribution < 1.29 is 18.6 Å². The van der Waals surface area contributed by atoms with Crippen LogP contribution in [0, 0.1) is 5.82 Å². The van der Waals surface area contributed by atoms with Crippen LogP contribution in [0.2, 0.25) is 0 Å². The summed E-state index contributed by atoms with van der Waals surface area (Å²) in [6.07, 6.45) is 1.50. The zero-order valence-electron chi connectivity index (χ0n) is 11.7. The van der Waals surface area contributed by atoms with Crippen LogP contribution in [0.3, 0.4) is 0 Å². The van der Waals surface area contributed by atoms with Gasteiger partial charge in [-0.2, -0.15) is 0 Å². The first-order valence-corrected chi connectivity index (χ1v) is 6.76. The largest absolute Gasteiger partial charge is 0.493 e. The van der Waals surface area contributed by atoms with Gasteiger partial charge in [0.2, 0.25) is 5.75 Å². The molecule has 0 amide bonds. The molecule has 0 saturated heterocycles. The normalized spacial score (nSPS) is 10.1. The summed E-state index contributed by atoms with van der Waals surface area (Å²) in [6.45, 7) is 0. The molecule has 0 spiro atoms. The molecule has 2 rings (SSSR count). The minimum Gasteiger partial charge on any atom is -0.493 e. The maximum atomic E-state index is 13.8. The summed E-state index contributed by atoms with van der Waals surface area (Å²) in [6, 6.07) is 4.67. The van der Waals surface area contributed by atoms with Gasteiger partial charge in [0.25, 0.3) is 0 Å². The molecule has 7 heteroatoms. The lowest BCUT2D eigenvalue weighted by Gasteiger charge is -2.15. The molecular weight excluding hydrogens is 343 g/mol. The van der Waals surface area contributed by atoms with E-state index in [2.05, 4.69) is 26.2 Å². The van der Waals surface area contributed by atoms with Crippen molar-refractivity contribution in [2.24, 2.45) is 0 Å². The highest BCUT2D eigenvalue weighted by Crippen LogP contribution is 2.40. The van der Waals surface area contributed by atoms with Gasteiger partial charge in [-0.25, -0.2) is 9.37 Å². The number of nitrogens with zero attached hydrogens (tertiary/aromatic N) is 1. The van der Waals surface area contributed by atoms with Crippen molar-refractivity contribution in [2.45, 2.75) is 0 Å². The van der Waals surface area contributed by atoms with E-state index in [0.717, 1.165) is 0 Å². The highest BCUT2D eigenvalue weighted by molar-refractivity contribution is 9.10. The van der Waals surface area contributed by atoms with Crippen LogP contribution in [0.15, 0.2) is 28.9 Å². The van der Waals surface area contributed by atoms with Gasteiger partial charge in [0.1, 0.15) is 0 Å². The lowest BCUT2D eigenvalue weighted by molar-refractivity contribution is 0.324. The topological polar surface area (TPSA) is 52.6 Å². The van der Waals surface area contributed by atoms with E-state index in [4.69, 9.17) is 14.2 Å². The molecule has 0 fully saturated rings. The van der Waals surface area contributed by atoms with E-state index in [1.807, 2.05) is 0 Å². The third kappa shape index (κ3) is 3.36. The fraction of sp³-hybridized carbons (Fsp3) is 0.214. The van der Waals surface area contributed by atoms with Gasteiger partial charge in [-0.1, -0.05) is 0 Å². The van der Waals surface area contributed by atoms with Gasteiger partial charge in [0.15, 0.2) is 23.1 Å². The number of pyridine rings is 1. The monoisotopic (exact) mass is 356 g/mol. The first-order valence-electron chi connectivity index (χ1n) is 5.97. The predicted molar refractivity (Wildman–Crippen MR) is 81.3 cm³/mol. The molecule has 0 aliphatic carbocycles. The molecule has 0 saturated carbocycles. The highest BCUT2D eigenvalue weighted by Gasteiger charge is 2.14. The lowest BCUT2D eigenvalue weighted by Crippen LogP contribution is -2.00. The standard InChI is InChI=1S/C14H14BrFN2O3/c1-19-11-5-9(6-12(20-2)13(11)21-3)18-14-10(16)4-8(15)7-17-14/h4-7H,1-3H3,(H,17,18). The highest BCUT2D eigenvalue weighted by atomic mass is 79.9. The Morgan fingerprint density at radius 1 is 1.05 bits per heavy atom. The quantitative estimate of drug-likeness (QED) is 0.883. The van der Waals surface area contributed by atoms with Crippen LogP contribution in [0.1, 0.15) is 0 Å². The number of halogens is 2. The van der Waals surface area contributed by atoms with Crippen molar-refractivity contribution in [3.63, 3.8) is 0 Å². The zero-order chi connectivity index (χ0) is 15.4. The zero-order valence-corrected chi connectivity index (χ0v) is 13.3. The van der Waals surface area contributed by atoms with Gasteiger partial charge in [0.05, 0.1) is 21.3 Å². The Hall–Kier alpha value is -2.02. The fourth-order valence-corrected chi connectivity index (χ4v) is 2.10. The van der Waals surface area contributed by atoms with E-state index in [1.54, 1.807) is 12.1 Å². The summed E-state index contributed by atoms with van der Waals surface area (Å²) >= 11 is 3.16. The minimum atomic E-state index is -0.474. The van der Waals surface area contributed by atoms with Crippen LogP contribution in [-0.4, -0.2) is 26.3 Å². The maximum absolute atomic E-state index is 13.8. The summed E-state index contributed by atoms with van der Waals surface area (Å²) in [5, 5.41) is 2.88. The molecule has 0 aliphatic heterocycles. The summed E-state index contributed by atoms with van der Waals surface area (Å²) < 4.78 is 30.1. The Bertz CT molecular complexity index is 627. The number of ether oxygens (including phenoxy) is 3. The van der Waals surface area contributed by atoms with Crippen molar-refractivity contribution in [1.82, 2.24) is 4.98 Å². The molecule has 1 aromatic heterocycles. The van der Waals surface area contributed by atoms with Crippen LogP contribution in [-0.2, 0) is 0 Å². The summed E-state index contributed by atoms with van der Waals surface area (Å²) in [7, 11) is 4.54. The average molecular weight is 357 g/mol. The summed E-state index contributed by atoms with van der Waals surface area (Å²) in [5.41, 5.74) is 0.568. The number of aromatic nitrogens is 1. The van der Waals surface area contributed by atoms with E-state index < -0.39 is 5.82 Å². The van der Waals surface area contributed by atoms with Gasteiger partial charge in [-0.15, -0.1) is 0 Å². The second-order valence-electron chi connectivity index (χ2n) is 4.02. The van der Waals surface area contributed by atoms with Gasteiger partial charge < -0.3 is 19.5 Å². The number of methoxy groups -OCH3 is 3. The van der Waals surface area contributed by atoms with Gasteiger partial charge >= 0.3 is 0 Å². The van der Waals surface area contributed by atoms with Crippen molar-refractivity contribution in [1.29, 1.82) is 0 Å². The van der Waals surface area contributed by atoms with Crippen molar-refractivity contribution in [2.75, 3.05) is 26.6 Å². The number of anilines is 2. The SMILES string of the molecule is COc1cc(Nc2ncc(Br)cc2F)cc(OC)c1OC. The number of nitrogens with one attached hydrogen (secondary N) is 1. The smallest absolute Gasteiger partial charge is 0.203 e. The Kier molecular flexibility index (Phi) is 4.85. The van der Waals surface area contributed by atoms with Crippen LogP contribution in [0.5, 0.6) is 17.2 Å². The summed E-state index contributed by atoms with van der Waals surface area (Å²) in [5.74, 6) is 1.04. The molecule has 21 heavy (non-hydrogen) atoms. The lowest BCUT2D eigenvalue weighted by atomic mass is 10.2. The first-order chi connectivity index (χ1) is 10.1. The van der Waals surface area contributed by atoms with Gasteiger partial charge in [-0.05, 0) is 22.0 Å². The van der Waals surface area contributed by atoms with E-state index in [1.165, 1.54) is 33.6 Å². The molecule has 0 radical (unpaired) electrons. The van der Waals surface area contributed by atoms with E-state index in [0.29, 0.717) is 27.4 Å². The number of benzene rings is 1. The maximum Gasteiger partial charge on any atom is 0.203 e. The molecule has 5 nitrogen and oxygen atoms in total. The molecule has 1 N–H and O–H groups in total. The van der Waals surface area contributed by atoms with E-state index in [-0.39, 0.29) is 5.82 Å². The Balaban J connectivity index is 2.40. The molecule has 0 aliphatic rings. The van der Waals surface area contributed by atoms with Gasteiger partial charge in [0, 0.05) is 28.5 Å². The Morgan fingerprint density at radius 3 is 2.14 bits per heavy atom. The average Bonchev–Trinajstić information content (AvgIpc) is 2.49. The Labute approximate surface area is 130 Å². The Morgan fingerprint density at radius 2 is 1.67 bits per heavy atom. The van der Waals surface area contributed by atoms with Crippen molar-refractivity contribution >= 4 is 27.4 Å². The molecule has 1 aromatic carbocycles. The van der Waals surface area contributed by atoms with Crippen LogP contribution >= 0.6 is 15.9 Å². The van der Waals surface area contributed by atoms with Crippen molar-refractivity contribution in [3.05, 3.63) is 34.7 Å². The number of hydrogen-bond acceptors (Lipinski definition) is 5. The summed E-state index contributed by atoms with van der Waals surface area (Å²) in [4.78, 5) is 3.98. The third-order valence-corrected chi connectivity index (χ3v) is 3.17. The fourth-order valence-electron chi connectivity index (χ4n) is 1.80. The molecule has 2 aromatic rings. The van der Waals surface area contributed by atoms with Crippen LogP contribution in [0.25, 0.3) is 0 Å². The second-order valence-corrected chi connectivity index (χ2v) is 4.94.